The van der Waals surface area contributed by atoms with Crippen LogP contribution in [-0.2, 0) is 6.54 Å². The summed E-state index contributed by atoms with van der Waals surface area (Å²) in [6.07, 6.45) is 1.19. The normalized spacial score (nSPS) is 10.9. The molecular formula is C13H22FN3O. The van der Waals surface area contributed by atoms with Crippen molar-refractivity contribution in [3.8, 4) is 5.88 Å². The molecule has 102 valence electrons. The SMILES string of the molecule is CCN(CC)CCOc1ncc(F)cc1CNC. The van der Waals surface area contributed by atoms with E-state index in [0.717, 1.165) is 25.2 Å². The Bertz CT molecular complexity index is 356. The summed E-state index contributed by atoms with van der Waals surface area (Å²) < 4.78 is 18.7. The van der Waals surface area contributed by atoms with Crippen molar-refractivity contribution in [1.82, 2.24) is 15.2 Å². The molecule has 0 saturated heterocycles. The maximum atomic E-state index is 13.1. The quantitative estimate of drug-likeness (QED) is 0.766. The number of ether oxygens (including phenoxy) is 1. The van der Waals surface area contributed by atoms with E-state index in [0.29, 0.717) is 19.0 Å². The van der Waals surface area contributed by atoms with E-state index in [2.05, 4.69) is 29.0 Å². The minimum Gasteiger partial charge on any atom is -0.476 e. The van der Waals surface area contributed by atoms with Crippen molar-refractivity contribution in [2.75, 3.05) is 33.3 Å². The van der Waals surface area contributed by atoms with Gasteiger partial charge in [0.1, 0.15) is 12.4 Å². The first kappa shape index (κ1) is 14.9. The van der Waals surface area contributed by atoms with Gasteiger partial charge < -0.3 is 15.0 Å². The van der Waals surface area contributed by atoms with Crippen LogP contribution in [0.3, 0.4) is 0 Å². The van der Waals surface area contributed by atoms with Crippen LogP contribution in [0.1, 0.15) is 19.4 Å². The summed E-state index contributed by atoms with van der Waals surface area (Å²) in [4.78, 5) is 6.25. The molecule has 1 N–H and O–H groups in total. The van der Waals surface area contributed by atoms with Gasteiger partial charge >= 0.3 is 0 Å². The maximum absolute atomic E-state index is 13.1. The first-order valence-corrected chi connectivity index (χ1v) is 6.35. The Hall–Kier alpha value is -1.20. The Balaban J connectivity index is 2.55. The molecule has 0 atom stereocenters. The lowest BCUT2D eigenvalue weighted by Crippen LogP contribution is -2.28. The van der Waals surface area contributed by atoms with Crippen LogP contribution < -0.4 is 10.1 Å². The van der Waals surface area contributed by atoms with Gasteiger partial charge in [0.15, 0.2) is 0 Å². The fraction of sp³-hybridized carbons (Fsp3) is 0.615. The van der Waals surface area contributed by atoms with Crippen LogP contribution in [0.2, 0.25) is 0 Å². The van der Waals surface area contributed by atoms with Crippen LogP contribution >= 0.6 is 0 Å². The first-order valence-electron chi connectivity index (χ1n) is 6.35. The molecule has 0 aliphatic rings. The number of rotatable bonds is 8. The van der Waals surface area contributed by atoms with Gasteiger partial charge in [-0.15, -0.1) is 0 Å². The molecule has 0 bridgehead atoms. The predicted octanol–water partition coefficient (Wildman–Crippen LogP) is 1.66. The number of hydrogen-bond acceptors (Lipinski definition) is 4. The van der Waals surface area contributed by atoms with Gasteiger partial charge in [-0.2, -0.15) is 0 Å². The summed E-state index contributed by atoms with van der Waals surface area (Å²) in [6, 6.07) is 1.45. The molecule has 0 aromatic carbocycles. The van der Waals surface area contributed by atoms with Crippen molar-refractivity contribution in [2.45, 2.75) is 20.4 Å². The number of hydrogen-bond donors (Lipinski definition) is 1. The minimum absolute atomic E-state index is 0.337. The van der Waals surface area contributed by atoms with Gasteiger partial charge in [-0.05, 0) is 26.2 Å². The van der Waals surface area contributed by atoms with Crippen molar-refractivity contribution in [3.63, 3.8) is 0 Å². The molecule has 18 heavy (non-hydrogen) atoms. The highest BCUT2D eigenvalue weighted by Gasteiger charge is 2.07. The standard InChI is InChI=1S/C13H22FN3O/c1-4-17(5-2)6-7-18-13-11(9-15-3)8-12(14)10-16-13/h8,10,15H,4-7,9H2,1-3H3. The molecule has 1 heterocycles. The van der Waals surface area contributed by atoms with E-state index >= 15 is 0 Å². The van der Waals surface area contributed by atoms with Gasteiger partial charge in [0.2, 0.25) is 5.88 Å². The van der Waals surface area contributed by atoms with Crippen molar-refractivity contribution < 1.29 is 9.13 Å². The van der Waals surface area contributed by atoms with E-state index in [4.69, 9.17) is 4.74 Å². The molecular weight excluding hydrogens is 233 g/mol. The van der Waals surface area contributed by atoms with Gasteiger partial charge in [0.25, 0.3) is 0 Å². The zero-order valence-electron chi connectivity index (χ0n) is 11.4. The lowest BCUT2D eigenvalue weighted by molar-refractivity contribution is 0.216. The zero-order chi connectivity index (χ0) is 13.4. The maximum Gasteiger partial charge on any atom is 0.218 e. The molecule has 4 nitrogen and oxygen atoms in total. The van der Waals surface area contributed by atoms with Crippen LogP contribution in [0.5, 0.6) is 5.88 Å². The predicted molar refractivity (Wildman–Crippen MR) is 70.2 cm³/mol. The van der Waals surface area contributed by atoms with Gasteiger partial charge in [0, 0.05) is 18.7 Å². The van der Waals surface area contributed by atoms with Crippen molar-refractivity contribution in [2.24, 2.45) is 0 Å². The molecule has 0 aliphatic carbocycles. The van der Waals surface area contributed by atoms with E-state index in [1.165, 1.54) is 12.3 Å². The summed E-state index contributed by atoms with van der Waals surface area (Å²) in [7, 11) is 1.81. The summed E-state index contributed by atoms with van der Waals surface area (Å²) in [5.41, 5.74) is 0.747. The second-order valence-corrected chi connectivity index (χ2v) is 4.02. The average Bonchev–Trinajstić information content (AvgIpc) is 2.37. The Labute approximate surface area is 108 Å². The lowest BCUT2D eigenvalue weighted by Gasteiger charge is -2.18. The number of nitrogens with one attached hydrogen (secondary N) is 1. The number of aromatic nitrogens is 1. The van der Waals surface area contributed by atoms with Crippen LogP contribution in [0.25, 0.3) is 0 Å². The molecule has 1 rings (SSSR count). The highest BCUT2D eigenvalue weighted by molar-refractivity contribution is 5.25. The zero-order valence-corrected chi connectivity index (χ0v) is 11.4. The molecule has 0 fully saturated rings. The van der Waals surface area contributed by atoms with E-state index in [-0.39, 0.29) is 5.82 Å². The Morgan fingerprint density at radius 2 is 2.11 bits per heavy atom. The van der Waals surface area contributed by atoms with Crippen molar-refractivity contribution >= 4 is 0 Å². The topological polar surface area (TPSA) is 37.4 Å². The number of halogens is 1. The van der Waals surface area contributed by atoms with Gasteiger partial charge in [-0.1, -0.05) is 13.8 Å². The Kier molecular flexibility index (Phi) is 6.60. The number of pyridine rings is 1. The van der Waals surface area contributed by atoms with E-state index in [1.54, 1.807) is 0 Å². The fourth-order valence-electron chi connectivity index (χ4n) is 1.73. The molecule has 1 aromatic rings. The molecule has 0 unspecified atom stereocenters. The summed E-state index contributed by atoms with van der Waals surface area (Å²) in [5.74, 6) is 0.175. The molecule has 1 aromatic heterocycles. The smallest absolute Gasteiger partial charge is 0.218 e. The van der Waals surface area contributed by atoms with Crippen LogP contribution in [0.4, 0.5) is 4.39 Å². The summed E-state index contributed by atoms with van der Waals surface area (Å²) >= 11 is 0. The fourth-order valence-corrected chi connectivity index (χ4v) is 1.73. The van der Waals surface area contributed by atoms with Gasteiger partial charge in [-0.25, -0.2) is 9.37 Å². The average molecular weight is 255 g/mol. The molecule has 5 heteroatoms. The monoisotopic (exact) mass is 255 g/mol. The van der Waals surface area contributed by atoms with Crippen LogP contribution in [-0.4, -0.2) is 43.2 Å². The third kappa shape index (κ3) is 4.58. The van der Waals surface area contributed by atoms with Crippen LogP contribution in [0.15, 0.2) is 12.3 Å². The molecule has 0 radical (unpaired) electrons. The van der Waals surface area contributed by atoms with E-state index in [1.807, 2.05) is 7.05 Å². The summed E-state index contributed by atoms with van der Waals surface area (Å²) in [6.45, 7) is 8.20. The largest absolute Gasteiger partial charge is 0.476 e. The van der Waals surface area contributed by atoms with E-state index in [9.17, 15) is 4.39 Å². The van der Waals surface area contributed by atoms with Crippen LogP contribution in [0, 0.1) is 5.82 Å². The Morgan fingerprint density at radius 1 is 1.39 bits per heavy atom. The minimum atomic E-state index is -0.337. The highest BCUT2D eigenvalue weighted by Crippen LogP contribution is 2.15. The van der Waals surface area contributed by atoms with E-state index < -0.39 is 0 Å². The molecule has 0 aliphatic heterocycles. The number of nitrogens with zero attached hydrogens (tertiary/aromatic N) is 2. The number of likely N-dealkylation sites (N-methyl/N-ethyl adjacent to an activating group) is 1. The molecule has 0 amide bonds. The third-order valence-corrected chi connectivity index (χ3v) is 2.80. The second-order valence-electron chi connectivity index (χ2n) is 4.02. The summed E-state index contributed by atoms with van der Waals surface area (Å²) in [5, 5.41) is 2.98. The second kappa shape index (κ2) is 8.00. The highest BCUT2D eigenvalue weighted by atomic mass is 19.1. The van der Waals surface area contributed by atoms with Crippen molar-refractivity contribution in [1.29, 1.82) is 0 Å². The van der Waals surface area contributed by atoms with Gasteiger partial charge in [-0.3, -0.25) is 0 Å². The third-order valence-electron chi connectivity index (χ3n) is 2.80. The Morgan fingerprint density at radius 3 is 2.72 bits per heavy atom. The van der Waals surface area contributed by atoms with Gasteiger partial charge in [0.05, 0.1) is 6.20 Å². The molecule has 0 spiro atoms. The lowest BCUT2D eigenvalue weighted by atomic mass is 10.2. The van der Waals surface area contributed by atoms with Crippen molar-refractivity contribution in [3.05, 3.63) is 23.6 Å². The molecule has 0 saturated carbocycles. The first-order chi connectivity index (χ1) is 8.71.